The minimum Gasteiger partial charge on any atom is -0.369 e. The van der Waals surface area contributed by atoms with E-state index in [9.17, 15) is 13.2 Å². The van der Waals surface area contributed by atoms with Crippen molar-refractivity contribution in [1.29, 1.82) is 0 Å². The number of hydrogen-bond acceptors (Lipinski definition) is 3. The van der Waals surface area contributed by atoms with E-state index in [1.807, 2.05) is 6.92 Å². The van der Waals surface area contributed by atoms with Gasteiger partial charge in [0, 0.05) is 17.1 Å². The first-order chi connectivity index (χ1) is 9.34. The van der Waals surface area contributed by atoms with E-state index in [-0.39, 0.29) is 17.5 Å². The van der Waals surface area contributed by atoms with Crippen molar-refractivity contribution < 1.29 is 13.2 Å². The Kier molecular flexibility index (Phi) is 4.51. The van der Waals surface area contributed by atoms with Crippen molar-refractivity contribution in [3.8, 4) is 0 Å². The fraction of sp³-hybridized carbons (Fsp3) is 0.462. The maximum absolute atomic E-state index is 12.7. The average molecular weight is 361 g/mol. The number of piperidine rings is 1. The molecule has 2 unspecified atom stereocenters. The number of sulfonamides is 1. The van der Waals surface area contributed by atoms with Gasteiger partial charge in [0.05, 0.1) is 10.8 Å². The second kappa shape index (κ2) is 5.83. The molecular formula is C13H17BrN2O3S. The first-order valence-electron chi connectivity index (χ1n) is 6.39. The summed E-state index contributed by atoms with van der Waals surface area (Å²) in [5.74, 6) is -0.854. The van der Waals surface area contributed by atoms with Gasteiger partial charge in [-0.25, -0.2) is 8.42 Å². The highest BCUT2D eigenvalue weighted by atomic mass is 79.9. The van der Waals surface area contributed by atoms with Crippen LogP contribution in [-0.4, -0.2) is 31.2 Å². The largest absolute Gasteiger partial charge is 0.369 e. The zero-order chi connectivity index (χ0) is 14.9. The summed E-state index contributed by atoms with van der Waals surface area (Å²) in [6, 6.07) is 6.54. The number of hydrogen-bond donors (Lipinski definition) is 1. The molecule has 1 aromatic rings. The molecule has 0 saturated carbocycles. The van der Waals surface area contributed by atoms with Gasteiger partial charge in [-0.2, -0.15) is 4.31 Å². The standard InChI is InChI=1S/C13H17BrN2O3S/c1-9-6-7-10(13(15)17)8-16(9)20(18,19)12-5-3-2-4-11(12)14/h2-5,9-10H,6-8H2,1H3,(H2,15,17). The molecule has 2 atom stereocenters. The van der Waals surface area contributed by atoms with Crippen molar-refractivity contribution in [2.75, 3.05) is 6.54 Å². The Morgan fingerprint density at radius 3 is 2.60 bits per heavy atom. The third-order valence-corrected chi connectivity index (χ3v) is 6.64. The minimum absolute atomic E-state index is 0.136. The maximum atomic E-state index is 12.7. The lowest BCUT2D eigenvalue weighted by Crippen LogP contribution is -2.48. The van der Waals surface area contributed by atoms with Crippen LogP contribution in [0.15, 0.2) is 33.6 Å². The minimum atomic E-state index is -3.63. The molecule has 0 radical (unpaired) electrons. The molecule has 1 fully saturated rings. The molecule has 7 heteroatoms. The Hall–Kier alpha value is -0.920. The summed E-state index contributed by atoms with van der Waals surface area (Å²) in [7, 11) is -3.63. The van der Waals surface area contributed by atoms with Crippen LogP contribution in [0.3, 0.4) is 0 Å². The molecule has 20 heavy (non-hydrogen) atoms. The average Bonchev–Trinajstić information content (AvgIpc) is 2.39. The van der Waals surface area contributed by atoms with E-state index in [0.29, 0.717) is 17.3 Å². The van der Waals surface area contributed by atoms with Crippen LogP contribution in [0.5, 0.6) is 0 Å². The van der Waals surface area contributed by atoms with Crippen LogP contribution in [0.2, 0.25) is 0 Å². The Balaban J connectivity index is 2.37. The molecule has 0 spiro atoms. The number of benzene rings is 1. The van der Waals surface area contributed by atoms with E-state index >= 15 is 0 Å². The molecule has 0 aromatic heterocycles. The van der Waals surface area contributed by atoms with Gasteiger partial charge in [0.25, 0.3) is 0 Å². The summed E-state index contributed by atoms with van der Waals surface area (Å²) in [6.07, 6.45) is 1.27. The van der Waals surface area contributed by atoms with Gasteiger partial charge in [0.15, 0.2) is 0 Å². The summed E-state index contributed by atoms with van der Waals surface area (Å²) in [5.41, 5.74) is 5.32. The van der Waals surface area contributed by atoms with Gasteiger partial charge in [-0.1, -0.05) is 12.1 Å². The Morgan fingerprint density at radius 1 is 1.35 bits per heavy atom. The Bertz CT molecular complexity index is 618. The number of carbonyl (C=O) groups excluding carboxylic acids is 1. The second-order valence-corrected chi connectivity index (χ2v) is 7.74. The topological polar surface area (TPSA) is 80.5 Å². The maximum Gasteiger partial charge on any atom is 0.244 e. The smallest absolute Gasteiger partial charge is 0.244 e. The molecule has 1 aliphatic rings. The number of primary amides is 1. The van der Waals surface area contributed by atoms with Gasteiger partial charge in [0.1, 0.15) is 0 Å². The summed E-state index contributed by atoms with van der Waals surface area (Å²) >= 11 is 3.27. The predicted molar refractivity (Wildman–Crippen MR) is 79.4 cm³/mol. The van der Waals surface area contributed by atoms with E-state index in [0.717, 1.165) is 0 Å². The van der Waals surface area contributed by atoms with Crippen LogP contribution in [-0.2, 0) is 14.8 Å². The van der Waals surface area contributed by atoms with E-state index in [1.165, 1.54) is 4.31 Å². The van der Waals surface area contributed by atoms with E-state index in [4.69, 9.17) is 5.73 Å². The van der Waals surface area contributed by atoms with Crippen LogP contribution in [0.4, 0.5) is 0 Å². The predicted octanol–water partition coefficient (Wildman–Crippen LogP) is 1.72. The lowest BCUT2D eigenvalue weighted by Gasteiger charge is -2.35. The zero-order valence-electron chi connectivity index (χ0n) is 11.1. The fourth-order valence-corrected chi connectivity index (χ4v) is 5.09. The highest BCUT2D eigenvalue weighted by molar-refractivity contribution is 9.10. The van der Waals surface area contributed by atoms with Crippen molar-refractivity contribution in [2.24, 2.45) is 11.7 Å². The van der Waals surface area contributed by atoms with Crippen molar-refractivity contribution in [1.82, 2.24) is 4.31 Å². The second-order valence-electron chi connectivity index (χ2n) is 5.03. The molecule has 0 aliphatic carbocycles. The van der Waals surface area contributed by atoms with Gasteiger partial charge in [0.2, 0.25) is 15.9 Å². The number of halogens is 1. The molecule has 1 heterocycles. The molecule has 1 aliphatic heterocycles. The zero-order valence-corrected chi connectivity index (χ0v) is 13.5. The van der Waals surface area contributed by atoms with Crippen LogP contribution in [0.1, 0.15) is 19.8 Å². The molecular weight excluding hydrogens is 344 g/mol. The van der Waals surface area contributed by atoms with Crippen LogP contribution in [0, 0.1) is 5.92 Å². The molecule has 5 nitrogen and oxygen atoms in total. The molecule has 110 valence electrons. The molecule has 1 aromatic carbocycles. The summed E-state index contributed by atoms with van der Waals surface area (Å²) in [4.78, 5) is 11.5. The number of rotatable bonds is 3. The van der Waals surface area contributed by atoms with Gasteiger partial charge < -0.3 is 5.73 Å². The monoisotopic (exact) mass is 360 g/mol. The van der Waals surface area contributed by atoms with Crippen molar-refractivity contribution >= 4 is 31.9 Å². The first kappa shape index (κ1) is 15.5. The number of nitrogens with two attached hydrogens (primary N) is 1. The lowest BCUT2D eigenvalue weighted by atomic mass is 9.95. The number of amides is 1. The summed E-state index contributed by atoms with van der Waals surface area (Å²) in [5, 5.41) is 0. The van der Waals surface area contributed by atoms with Crippen LogP contribution in [0.25, 0.3) is 0 Å². The van der Waals surface area contributed by atoms with Gasteiger partial charge in [-0.05, 0) is 47.8 Å². The van der Waals surface area contributed by atoms with Gasteiger partial charge in [-0.15, -0.1) is 0 Å². The quantitative estimate of drug-likeness (QED) is 0.890. The van der Waals surface area contributed by atoms with Crippen molar-refractivity contribution in [3.63, 3.8) is 0 Å². The van der Waals surface area contributed by atoms with Crippen LogP contribution < -0.4 is 5.73 Å². The fourth-order valence-electron chi connectivity index (χ4n) is 2.42. The molecule has 2 rings (SSSR count). The number of nitrogens with zero attached hydrogens (tertiary/aromatic N) is 1. The number of carbonyl (C=O) groups is 1. The highest BCUT2D eigenvalue weighted by Gasteiger charge is 2.37. The highest BCUT2D eigenvalue weighted by Crippen LogP contribution is 2.31. The van der Waals surface area contributed by atoms with E-state index in [1.54, 1.807) is 24.3 Å². The molecule has 0 bridgehead atoms. The third kappa shape index (κ3) is 2.89. The van der Waals surface area contributed by atoms with Crippen LogP contribution >= 0.6 is 15.9 Å². The van der Waals surface area contributed by atoms with Gasteiger partial charge >= 0.3 is 0 Å². The molecule has 1 amide bonds. The first-order valence-corrected chi connectivity index (χ1v) is 8.63. The van der Waals surface area contributed by atoms with Crippen molar-refractivity contribution in [2.45, 2.75) is 30.7 Å². The molecule has 2 N–H and O–H groups in total. The van der Waals surface area contributed by atoms with Crippen molar-refractivity contribution in [3.05, 3.63) is 28.7 Å². The normalized spacial score (nSPS) is 24.5. The third-order valence-electron chi connectivity index (χ3n) is 3.65. The van der Waals surface area contributed by atoms with E-state index in [2.05, 4.69) is 15.9 Å². The molecule has 1 saturated heterocycles. The SMILES string of the molecule is CC1CCC(C(N)=O)CN1S(=O)(=O)c1ccccc1Br. The Morgan fingerprint density at radius 2 is 2.00 bits per heavy atom. The Labute approximate surface area is 127 Å². The van der Waals surface area contributed by atoms with Gasteiger partial charge in [-0.3, -0.25) is 4.79 Å². The summed E-state index contributed by atoms with van der Waals surface area (Å²) in [6.45, 7) is 2.01. The van der Waals surface area contributed by atoms with E-state index < -0.39 is 21.8 Å². The lowest BCUT2D eigenvalue weighted by molar-refractivity contribution is -0.123. The summed E-state index contributed by atoms with van der Waals surface area (Å²) < 4.78 is 27.4.